The fourth-order valence-electron chi connectivity index (χ4n) is 5.58. The number of carboxylic acids is 1. The normalized spacial score (nSPS) is 19.3. The Kier molecular flexibility index (Phi) is 8.06. The summed E-state index contributed by atoms with van der Waals surface area (Å²) in [6, 6.07) is 11.6. The van der Waals surface area contributed by atoms with Crippen LogP contribution in [0, 0.1) is 30.9 Å². The first-order valence-electron chi connectivity index (χ1n) is 13.4. The third-order valence-electron chi connectivity index (χ3n) is 7.79. The number of anilines is 2. The summed E-state index contributed by atoms with van der Waals surface area (Å²) in [6.07, 6.45) is 2.29. The number of aromatic amines is 1. The van der Waals surface area contributed by atoms with Gasteiger partial charge < -0.3 is 10.4 Å². The summed E-state index contributed by atoms with van der Waals surface area (Å²) in [6.45, 7) is 6.35. The van der Waals surface area contributed by atoms with Gasteiger partial charge in [0.25, 0.3) is 0 Å². The molecule has 0 spiro atoms. The molecule has 8 nitrogen and oxygen atoms in total. The van der Waals surface area contributed by atoms with E-state index >= 15 is 4.39 Å². The quantitative estimate of drug-likeness (QED) is 0.220. The molecule has 1 aliphatic rings. The number of aromatic nitrogens is 4. The molecule has 0 saturated carbocycles. The number of carbonyl (C=O) groups is 1. The highest BCUT2D eigenvalue weighted by Gasteiger charge is 2.45. The van der Waals surface area contributed by atoms with Crippen molar-refractivity contribution in [2.75, 3.05) is 11.9 Å². The second-order valence-corrected chi connectivity index (χ2v) is 11.2. The number of likely N-dealkylation sites (tertiary alicyclic amines) is 1. The van der Waals surface area contributed by atoms with Crippen molar-refractivity contribution >= 4 is 29.2 Å². The summed E-state index contributed by atoms with van der Waals surface area (Å²) in [5.74, 6) is -1.69. The Morgan fingerprint density at radius 1 is 1.22 bits per heavy atom. The number of halogens is 3. The van der Waals surface area contributed by atoms with Crippen molar-refractivity contribution in [3.8, 4) is 11.3 Å². The highest BCUT2D eigenvalue weighted by Crippen LogP contribution is 2.40. The lowest BCUT2D eigenvalue weighted by Gasteiger charge is -2.43. The van der Waals surface area contributed by atoms with E-state index in [1.165, 1.54) is 6.07 Å². The van der Waals surface area contributed by atoms with E-state index in [0.29, 0.717) is 48.7 Å². The summed E-state index contributed by atoms with van der Waals surface area (Å²) in [4.78, 5) is 23.8. The highest BCUT2D eigenvalue weighted by molar-refractivity contribution is 6.30. The van der Waals surface area contributed by atoms with Crippen molar-refractivity contribution in [3.63, 3.8) is 0 Å². The second kappa shape index (κ2) is 11.5. The zero-order chi connectivity index (χ0) is 29.3. The Morgan fingerprint density at radius 2 is 2.02 bits per heavy atom. The van der Waals surface area contributed by atoms with Gasteiger partial charge in [-0.25, -0.2) is 13.8 Å². The third kappa shape index (κ3) is 5.94. The lowest BCUT2D eigenvalue weighted by Crippen LogP contribution is -2.49. The molecule has 5 rings (SSSR count). The van der Waals surface area contributed by atoms with Crippen molar-refractivity contribution in [1.82, 2.24) is 25.1 Å². The molecule has 0 amide bonds. The van der Waals surface area contributed by atoms with Crippen LogP contribution in [0.3, 0.4) is 0 Å². The molecule has 41 heavy (non-hydrogen) atoms. The van der Waals surface area contributed by atoms with E-state index in [1.54, 1.807) is 36.5 Å². The van der Waals surface area contributed by atoms with Crippen molar-refractivity contribution in [1.29, 1.82) is 0 Å². The van der Waals surface area contributed by atoms with Crippen LogP contribution in [-0.4, -0.2) is 48.7 Å². The number of hydrogen-bond acceptors (Lipinski definition) is 6. The molecule has 4 aromatic rings. The van der Waals surface area contributed by atoms with Gasteiger partial charge in [0, 0.05) is 53.8 Å². The van der Waals surface area contributed by atoms with Gasteiger partial charge in [0.2, 0.25) is 0 Å². The Labute approximate surface area is 241 Å². The molecular weight excluding hydrogens is 550 g/mol. The largest absolute Gasteiger partial charge is 0.481 e. The van der Waals surface area contributed by atoms with E-state index in [9.17, 15) is 14.3 Å². The van der Waals surface area contributed by atoms with Gasteiger partial charge >= 0.3 is 5.97 Å². The lowest BCUT2D eigenvalue weighted by molar-refractivity contribution is -0.153. The third-order valence-corrected chi connectivity index (χ3v) is 8.08. The fraction of sp³-hybridized carbons (Fsp3) is 0.333. The molecule has 1 fully saturated rings. The second-order valence-electron chi connectivity index (χ2n) is 10.8. The molecule has 4 heterocycles. The van der Waals surface area contributed by atoms with Crippen LogP contribution >= 0.6 is 11.6 Å². The van der Waals surface area contributed by atoms with Gasteiger partial charge in [0.1, 0.15) is 5.82 Å². The number of pyridine rings is 2. The van der Waals surface area contributed by atoms with Gasteiger partial charge in [-0.1, -0.05) is 29.8 Å². The number of benzene rings is 1. The molecule has 1 aromatic carbocycles. The van der Waals surface area contributed by atoms with Crippen LogP contribution in [0.1, 0.15) is 42.3 Å². The summed E-state index contributed by atoms with van der Waals surface area (Å²) < 4.78 is 30.4. The van der Waals surface area contributed by atoms with Gasteiger partial charge in [0.15, 0.2) is 17.5 Å². The van der Waals surface area contributed by atoms with Crippen LogP contribution < -0.4 is 5.32 Å². The molecule has 3 aromatic heterocycles. The van der Waals surface area contributed by atoms with Crippen LogP contribution in [0.25, 0.3) is 11.3 Å². The van der Waals surface area contributed by atoms with Gasteiger partial charge in [0.05, 0.1) is 16.1 Å². The Balaban J connectivity index is 1.47. The average molecular weight is 581 g/mol. The lowest BCUT2D eigenvalue weighted by atomic mass is 9.72. The van der Waals surface area contributed by atoms with E-state index in [-0.39, 0.29) is 28.9 Å². The molecule has 214 valence electrons. The number of rotatable bonds is 8. The van der Waals surface area contributed by atoms with Crippen molar-refractivity contribution in [3.05, 3.63) is 87.8 Å². The number of hydrogen-bond donors (Lipinski definition) is 3. The number of aliphatic carboxylic acids is 1. The first-order chi connectivity index (χ1) is 19.6. The average Bonchev–Trinajstić information content (AvgIpc) is 3.34. The molecule has 11 heteroatoms. The van der Waals surface area contributed by atoms with Crippen molar-refractivity contribution < 1.29 is 18.7 Å². The van der Waals surface area contributed by atoms with E-state index in [2.05, 4.69) is 30.4 Å². The topological polar surface area (TPSA) is 107 Å². The van der Waals surface area contributed by atoms with Crippen molar-refractivity contribution in [2.24, 2.45) is 5.41 Å². The van der Waals surface area contributed by atoms with E-state index in [1.807, 2.05) is 26.8 Å². The van der Waals surface area contributed by atoms with Gasteiger partial charge in [-0.3, -0.25) is 19.8 Å². The van der Waals surface area contributed by atoms with Gasteiger partial charge in [-0.15, -0.1) is 0 Å². The minimum atomic E-state index is -1.15. The number of H-pyrrole nitrogens is 1. The predicted octanol–water partition coefficient (Wildman–Crippen LogP) is 6.46. The van der Waals surface area contributed by atoms with E-state index in [4.69, 9.17) is 11.6 Å². The van der Waals surface area contributed by atoms with Crippen LogP contribution in [0.4, 0.5) is 20.4 Å². The summed E-state index contributed by atoms with van der Waals surface area (Å²) in [7, 11) is 0. The summed E-state index contributed by atoms with van der Waals surface area (Å²) in [5.41, 5.74) is 1.97. The van der Waals surface area contributed by atoms with E-state index < -0.39 is 23.0 Å². The van der Waals surface area contributed by atoms with Crippen LogP contribution in [0.5, 0.6) is 0 Å². The van der Waals surface area contributed by atoms with Crippen LogP contribution in [0.2, 0.25) is 5.02 Å². The summed E-state index contributed by atoms with van der Waals surface area (Å²) in [5, 5.41) is 20.4. The number of aryl methyl sites for hydroxylation is 2. The zero-order valence-electron chi connectivity index (χ0n) is 23.0. The Morgan fingerprint density at radius 3 is 2.71 bits per heavy atom. The van der Waals surface area contributed by atoms with Crippen molar-refractivity contribution in [2.45, 2.75) is 52.6 Å². The number of nitrogens with zero attached hydrogens (tertiary/aromatic N) is 4. The Bertz CT molecular complexity index is 1600. The summed E-state index contributed by atoms with van der Waals surface area (Å²) >= 11 is 5.97. The highest BCUT2D eigenvalue weighted by atomic mass is 35.5. The SMILES string of the molecule is Cc1cc(Nc2nc(C[C@@]3(C(=O)O)CCN(Cc4cccc(Cl)c4F)[C@H](C)C3)cc(-c3ncccc3C)c2F)n[nH]1. The number of nitrogens with one attached hydrogen (secondary N) is 2. The molecule has 0 aliphatic carbocycles. The fourth-order valence-corrected chi connectivity index (χ4v) is 5.77. The first-order valence-corrected chi connectivity index (χ1v) is 13.7. The van der Waals surface area contributed by atoms with E-state index in [0.717, 1.165) is 11.3 Å². The van der Waals surface area contributed by atoms with Crippen LogP contribution in [-0.2, 0) is 17.8 Å². The zero-order valence-corrected chi connectivity index (χ0v) is 23.8. The van der Waals surface area contributed by atoms with Gasteiger partial charge in [-0.05, 0) is 63.9 Å². The van der Waals surface area contributed by atoms with Gasteiger partial charge in [-0.2, -0.15) is 5.10 Å². The molecule has 3 N–H and O–H groups in total. The Hall–Kier alpha value is -3.89. The first kappa shape index (κ1) is 28.6. The molecule has 1 aliphatic heterocycles. The standard InChI is InChI=1S/C30H31ClF2N6O2/c1-17-6-5-10-34-27(17)22-13-21(35-28(26(22)33)36-24-12-18(2)37-38-24)15-30(29(40)41)9-11-39(19(3)14-30)16-20-7-4-8-23(31)25(20)32/h4-8,10,12-13,19H,9,11,14-16H2,1-3H3,(H,40,41)(H2,35,36,37,38)/t19-,30-/m1/s1. The maximum atomic E-state index is 15.9. The maximum Gasteiger partial charge on any atom is 0.310 e. The minimum absolute atomic E-state index is 0.0581. The monoisotopic (exact) mass is 580 g/mol. The molecule has 1 saturated heterocycles. The molecular formula is C30H31ClF2N6O2. The minimum Gasteiger partial charge on any atom is -0.481 e. The molecule has 2 atom stereocenters. The number of piperidine rings is 1. The molecule has 0 radical (unpaired) electrons. The molecule has 0 unspecified atom stereocenters. The molecule has 0 bridgehead atoms. The van der Waals surface area contributed by atoms with Crippen LogP contribution in [0.15, 0.2) is 48.7 Å². The maximum absolute atomic E-state index is 15.9. The smallest absolute Gasteiger partial charge is 0.310 e. The number of carboxylic acid groups (broad SMARTS) is 1. The predicted molar refractivity (Wildman–Crippen MR) is 153 cm³/mol.